The van der Waals surface area contributed by atoms with Crippen molar-refractivity contribution in [2.75, 3.05) is 0 Å². The van der Waals surface area contributed by atoms with Gasteiger partial charge in [-0.05, 0) is 143 Å². The Balaban J connectivity index is 0.778. The van der Waals surface area contributed by atoms with Crippen LogP contribution in [-0.2, 0) is 13.1 Å². The maximum atomic E-state index is 4.71. The first-order valence-corrected chi connectivity index (χ1v) is 22.7. The maximum absolute atomic E-state index is 4.71. The van der Waals surface area contributed by atoms with Crippen molar-refractivity contribution in [3.05, 3.63) is 166 Å². The summed E-state index contributed by atoms with van der Waals surface area (Å²) in [5.74, 6) is 0. The van der Waals surface area contributed by atoms with Gasteiger partial charge in [0.15, 0.2) is 0 Å². The van der Waals surface area contributed by atoms with Crippen LogP contribution in [-0.4, -0.2) is 30.0 Å². The van der Waals surface area contributed by atoms with E-state index in [4.69, 9.17) is 10.2 Å². The van der Waals surface area contributed by atoms with E-state index in [2.05, 4.69) is 158 Å². The van der Waals surface area contributed by atoms with Gasteiger partial charge in [-0.3, -0.25) is 0 Å². The molecule has 6 nitrogen and oxygen atoms in total. The average molecular weight is 823 g/mol. The molecule has 0 radical (unpaired) electrons. The molecule has 292 valence electrons. The van der Waals surface area contributed by atoms with Crippen molar-refractivity contribution in [2.24, 2.45) is 0 Å². The Morgan fingerprint density at radius 2 is 0.869 bits per heavy atom. The minimum atomic E-state index is 0.668. The van der Waals surface area contributed by atoms with Crippen LogP contribution in [0.5, 0.6) is 0 Å². The zero-order valence-electron chi connectivity index (χ0n) is 33.7. The van der Waals surface area contributed by atoms with Crippen molar-refractivity contribution < 1.29 is 0 Å². The summed E-state index contributed by atoms with van der Waals surface area (Å²) in [6, 6.07) is 44.9. The number of benzene rings is 8. The van der Waals surface area contributed by atoms with Crippen LogP contribution in [0.1, 0.15) is 51.3 Å². The quantitative estimate of drug-likeness (QED) is 0.143. The SMILES string of the molecule is Cc1sc(-c2cn(Cc3ccc4ccc5cccc6ccc3c4c56)nn2)cc1C1=C(c2cc(-c3cn(Cc4ccc5ccc6cccc7ccc4c5c67)nn3)sc2C)CCC1. The van der Waals surface area contributed by atoms with Crippen LogP contribution in [0.4, 0.5) is 0 Å². The van der Waals surface area contributed by atoms with E-state index >= 15 is 0 Å². The minimum absolute atomic E-state index is 0.668. The first-order chi connectivity index (χ1) is 30.0. The third-order valence-electron chi connectivity index (χ3n) is 13.2. The number of thiophene rings is 2. The van der Waals surface area contributed by atoms with Gasteiger partial charge in [0, 0.05) is 9.75 Å². The first-order valence-electron chi connectivity index (χ1n) is 21.1. The number of allylic oxidation sites excluding steroid dienone is 2. The standard InChI is InChI=1S/C53H38N6S2/c1-30-44(24-48(60-30)46-28-58(56-54-46)26-38-18-16-36-14-12-32-6-3-8-34-20-22-40(38)52(36)50(32)34)42-10-5-11-43(42)45-25-49(61-31(45)2)47-29-59(57-55-47)27-39-19-17-37-15-13-33-7-4-9-35-21-23-41(39)53(37)51(33)35/h3-4,6-9,12-25,28-29H,5,10-11,26-27H2,1-2H3. The lowest BCUT2D eigenvalue weighted by molar-refractivity contribution is 0.652. The molecule has 0 saturated carbocycles. The number of nitrogens with zero attached hydrogens (tertiary/aromatic N) is 6. The van der Waals surface area contributed by atoms with Crippen molar-refractivity contribution >= 4 is 98.5 Å². The normalized spacial score (nSPS) is 13.6. The second kappa shape index (κ2) is 13.4. The molecule has 8 aromatic carbocycles. The van der Waals surface area contributed by atoms with Gasteiger partial charge in [0.2, 0.25) is 0 Å². The summed E-state index contributed by atoms with van der Waals surface area (Å²) in [4.78, 5) is 4.98. The Labute approximate surface area is 359 Å². The first kappa shape index (κ1) is 35.1. The van der Waals surface area contributed by atoms with E-state index in [0.717, 1.165) is 40.4 Å². The van der Waals surface area contributed by atoms with Crippen LogP contribution >= 0.6 is 22.7 Å². The molecule has 4 aromatic heterocycles. The summed E-state index contributed by atoms with van der Waals surface area (Å²) in [5, 5.41) is 34.3. The molecule has 0 spiro atoms. The van der Waals surface area contributed by atoms with Gasteiger partial charge in [0.05, 0.1) is 35.2 Å². The molecule has 8 heteroatoms. The molecule has 13 rings (SSSR count). The predicted molar refractivity (Wildman–Crippen MR) is 255 cm³/mol. The fraction of sp³-hybridized carbons (Fsp3) is 0.132. The topological polar surface area (TPSA) is 61.4 Å². The van der Waals surface area contributed by atoms with Gasteiger partial charge in [-0.1, -0.05) is 120 Å². The van der Waals surface area contributed by atoms with Crippen LogP contribution in [0.3, 0.4) is 0 Å². The van der Waals surface area contributed by atoms with Crippen molar-refractivity contribution in [3.8, 4) is 21.1 Å². The number of rotatable bonds is 8. The van der Waals surface area contributed by atoms with E-state index < -0.39 is 0 Å². The lowest BCUT2D eigenvalue weighted by Gasteiger charge is -2.13. The van der Waals surface area contributed by atoms with Crippen LogP contribution in [0.15, 0.2) is 134 Å². The summed E-state index contributed by atoms with van der Waals surface area (Å²) in [5.41, 5.74) is 9.98. The molecule has 1 aliphatic rings. The number of aromatic nitrogens is 6. The van der Waals surface area contributed by atoms with Gasteiger partial charge in [0.25, 0.3) is 0 Å². The summed E-state index contributed by atoms with van der Waals surface area (Å²) < 4.78 is 3.99. The van der Waals surface area contributed by atoms with E-state index in [9.17, 15) is 0 Å². The van der Waals surface area contributed by atoms with E-state index in [1.807, 2.05) is 32.0 Å². The molecule has 0 fully saturated rings. The van der Waals surface area contributed by atoms with Crippen LogP contribution in [0.2, 0.25) is 0 Å². The van der Waals surface area contributed by atoms with Crippen molar-refractivity contribution in [3.63, 3.8) is 0 Å². The largest absolute Gasteiger partial charge is 0.247 e. The smallest absolute Gasteiger partial charge is 0.123 e. The highest BCUT2D eigenvalue weighted by atomic mass is 32.1. The Bertz CT molecular complexity index is 3450. The van der Waals surface area contributed by atoms with Gasteiger partial charge in [-0.15, -0.1) is 32.9 Å². The molecule has 0 atom stereocenters. The maximum Gasteiger partial charge on any atom is 0.123 e. The highest BCUT2D eigenvalue weighted by molar-refractivity contribution is 7.16. The van der Waals surface area contributed by atoms with E-state index in [1.54, 1.807) is 0 Å². The Kier molecular flexibility index (Phi) is 7.69. The zero-order chi connectivity index (χ0) is 40.3. The number of hydrogen-bond donors (Lipinski definition) is 0. The molecule has 4 heterocycles. The molecule has 0 bridgehead atoms. The fourth-order valence-electron chi connectivity index (χ4n) is 10.3. The van der Waals surface area contributed by atoms with Crippen molar-refractivity contribution in [2.45, 2.75) is 46.2 Å². The molecular formula is C53H38N6S2. The Hall–Kier alpha value is -6.74. The molecule has 61 heavy (non-hydrogen) atoms. The summed E-state index contributed by atoms with van der Waals surface area (Å²) in [6.07, 6.45) is 7.54. The van der Waals surface area contributed by atoms with Crippen molar-refractivity contribution in [1.29, 1.82) is 0 Å². The average Bonchev–Trinajstić information content (AvgIpc) is 4.15. The van der Waals surface area contributed by atoms with Gasteiger partial charge in [-0.2, -0.15) is 0 Å². The highest BCUT2D eigenvalue weighted by Crippen LogP contribution is 2.47. The van der Waals surface area contributed by atoms with Gasteiger partial charge in [0.1, 0.15) is 11.4 Å². The molecule has 12 aromatic rings. The van der Waals surface area contributed by atoms with Crippen molar-refractivity contribution in [1.82, 2.24) is 30.0 Å². The van der Waals surface area contributed by atoms with E-state index in [0.29, 0.717) is 13.1 Å². The van der Waals surface area contributed by atoms with E-state index in [-0.39, 0.29) is 0 Å². The molecule has 0 saturated heterocycles. The molecule has 0 unspecified atom stereocenters. The number of hydrogen-bond acceptors (Lipinski definition) is 6. The monoisotopic (exact) mass is 822 g/mol. The second-order valence-corrected chi connectivity index (χ2v) is 19.2. The van der Waals surface area contributed by atoms with E-state index in [1.165, 1.54) is 108 Å². The van der Waals surface area contributed by atoms with Gasteiger partial charge >= 0.3 is 0 Å². The predicted octanol–water partition coefficient (Wildman–Crippen LogP) is 13.9. The summed E-state index contributed by atoms with van der Waals surface area (Å²) >= 11 is 3.64. The fourth-order valence-corrected chi connectivity index (χ4v) is 12.3. The zero-order valence-corrected chi connectivity index (χ0v) is 35.4. The lowest BCUT2D eigenvalue weighted by Crippen LogP contribution is -2.01. The highest BCUT2D eigenvalue weighted by Gasteiger charge is 2.25. The van der Waals surface area contributed by atoms with Crippen LogP contribution in [0.25, 0.3) is 96.9 Å². The second-order valence-electron chi connectivity index (χ2n) is 16.7. The molecule has 0 N–H and O–H groups in total. The number of aryl methyl sites for hydroxylation is 2. The Morgan fingerprint density at radius 1 is 0.475 bits per heavy atom. The van der Waals surface area contributed by atoms with Gasteiger partial charge in [-0.25, -0.2) is 9.36 Å². The Morgan fingerprint density at radius 3 is 1.31 bits per heavy atom. The molecule has 1 aliphatic carbocycles. The lowest BCUT2D eigenvalue weighted by atomic mass is 9.92. The molecule has 0 aliphatic heterocycles. The summed E-state index contributed by atoms with van der Waals surface area (Å²) in [7, 11) is 0. The summed E-state index contributed by atoms with van der Waals surface area (Å²) in [6.45, 7) is 5.85. The van der Waals surface area contributed by atoms with Gasteiger partial charge < -0.3 is 0 Å². The van der Waals surface area contributed by atoms with Crippen LogP contribution < -0.4 is 0 Å². The molecular weight excluding hydrogens is 785 g/mol. The van der Waals surface area contributed by atoms with Crippen LogP contribution in [0, 0.1) is 13.8 Å². The third-order valence-corrected chi connectivity index (χ3v) is 15.3. The minimum Gasteiger partial charge on any atom is -0.247 e. The third kappa shape index (κ3) is 5.52. The molecule has 0 amide bonds.